The van der Waals surface area contributed by atoms with Gasteiger partial charge in [-0.3, -0.25) is 4.90 Å². The Hall–Kier alpha value is -0.980. The van der Waals surface area contributed by atoms with Gasteiger partial charge in [-0.25, -0.2) is 0 Å². The Labute approximate surface area is 126 Å². The number of rotatable bonds is 5. The fourth-order valence-electron chi connectivity index (χ4n) is 3.44. The Morgan fingerprint density at radius 2 is 2.24 bits per heavy atom. The van der Waals surface area contributed by atoms with E-state index in [0.29, 0.717) is 17.8 Å². The molecule has 3 unspecified atom stereocenters. The summed E-state index contributed by atoms with van der Waals surface area (Å²) in [7, 11) is 0. The number of hydrogen-bond donors (Lipinski definition) is 1. The summed E-state index contributed by atoms with van der Waals surface area (Å²) >= 11 is 0. The molecule has 2 fully saturated rings. The molecule has 3 atom stereocenters. The van der Waals surface area contributed by atoms with Gasteiger partial charge in [-0.05, 0) is 25.9 Å². The number of hydrogen-bond acceptors (Lipinski definition) is 6. The lowest BCUT2D eigenvalue weighted by Gasteiger charge is -2.30. The summed E-state index contributed by atoms with van der Waals surface area (Å²) in [6, 6.07) is 0.475. The Morgan fingerprint density at radius 3 is 3.05 bits per heavy atom. The second-order valence-electron chi connectivity index (χ2n) is 5.95. The highest BCUT2D eigenvalue weighted by Gasteiger charge is 2.34. The minimum atomic E-state index is -0.0461. The maximum atomic E-state index is 5.80. The van der Waals surface area contributed by atoms with Crippen LogP contribution in [-0.2, 0) is 4.74 Å². The molecule has 2 aliphatic rings. The first-order valence-corrected chi connectivity index (χ1v) is 8.22. The van der Waals surface area contributed by atoms with Crippen LogP contribution in [-0.4, -0.2) is 53.9 Å². The highest BCUT2D eigenvalue weighted by Crippen LogP contribution is 2.34. The number of likely N-dealkylation sites (N-methyl/N-ethyl adjacent to an activating group) is 2. The maximum absolute atomic E-state index is 5.80. The average Bonchev–Trinajstić information content (AvgIpc) is 3.16. The van der Waals surface area contributed by atoms with E-state index in [9.17, 15) is 0 Å². The Morgan fingerprint density at radius 1 is 1.33 bits per heavy atom. The zero-order valence-corrected chi connectivity index (χ0v) is 13.0. The van der Waals surface area contributed by atoms with E-state index in [4.69, 9.17) is 9.26 Å². The van der Waals surface area contributed by atoms with E-state index < -0.39 is 0 Å². The van der Waals surface area contributed by atoms with Crippen molar-refractivity contribution < 1.29 is 9.26 Å². The molecule has 1 saturated carbocycles. The number of aromatic nitrogens is 2. The molecule has 1 aromatic heterocycles. The lowest BCUT2D eigenvalue weighted by atomic mass is 10.0. The highest BCUT2D eigenvalue weighted by molar-refractivity contribution is 5.04. The number of nitrogens with one attached hydrogen (secondary N) is 1. The van der Waals surface area contributed by atoms with Crippen molar-refractivity contribution in [2.75, 3.05) is 32.8 Å². The molecule has 118 valence electrons. The topological polar surface area (TPSA) is 63.4 Å². The minimum Gasteiger partial charge on any atom is -0.367 e. The van der Waals surface area contributed by atoms with Crippen molar-refractivity contribution in [2.24, 2.45) is 0 Å². The lowest BCUT2D eigenvalue weighted by Crippen LogP contribution is -2.38. The van der Waals surface area contributed by atoms with E-state index >= 15 is 0 Å². The molecule has 0 aromatic carbocycles. The van der Waals surface area contributed by atoms with Gasteiger partial charge in [0.05, 0.1) is 12.5 Å². The lowest BCUT2D eigenvalue weighted by molar-refractivity contribution is -0.0334. The third-order valence-electron chi connectivity index (χ3n) is 4.64. The smallest absolute Gasteiger partial charge is 0.231 e. The molecule has 6 heteroatoms. The van der Waals surface area contributed by atoms with Gasteiger partial charge in [0.2, 0.25) is 11.7 Å². The molecule has 1 saturated heterocycles. The van der Waals surface area contributed by atoms with E-state index in [1.165, 1.54) is 12.8 Å². The molecule has 1 aliphatic carbocycles. The summed E-state index contributed by atoms with van der Waals surface area (Å²) in [6.07, 6.45) is 3.50. The summed E-state index contributed by atoms with van der Waals surface area (Å²) < 4.78 is 11.4. The zero-order valence-electron chi connectivity index (χ0n) is 13.0. The molecule has 0 spiro atoms. The van der Waals surface area contributed by atoms with Crippen LogP contribution in [0.4, 0.5) is 0 Å². The first-order chi connectivity index (χ1) is 10.3. The van der Waals surface area contributed by atoms with Gasteiger partial charge in [-0.15, -0.1) is 0 Å². The molecule has 21 heavy (non-hydrogen) atoms. The van der Waals surface area contributed by atoms with Gasteiger partial charge in [0.25, 0.3) is 0 Å². The normalized spacial score (nSPS) is 30.9. The van der Waals surface area contributed by atoms with E-state index in [-0.39, 0.29) is 6.10 Å². The van der Waals surface area contributed by atoms with Gasteiger partial charge in [0, 0.05) is 19.1 Å². The van der Waals surface area contributed by atoms with Crippen LogP contribution in [0.1, 0.15) is 56.8 Å². The summed E-state index contributed by atoms with van der Waals surface area (Å²) in [4.78, 5) is 7.01. The van der Waals surface area contributed by atoms with E-state index in [1.54, 1.807) is 0 Å². The fraction of sp³-hybridized carbons (Fsp3) is 0.867. The molecule has 0 bridgehead atoms. The van der Waals surface area contributed by atoms with Crippen molar-refractivity contribution in [3.8, 4) is 0 Å². The largest absolute Gasteiger partial charge is 0.367 e. The molecule has 6 nitrogen and oxygen atoms in total. The van der Waals surface area contributed by atoms with Gasteiger partial charge < -0.3 is 14.6 Å². The van der Waals surface area contributed by atoms with Crippen LogP contribution >= 0.6 is 0 Å². The molecule has 0 radical (unpaired) electrons. The first kappa shape index (κ1) is 14.9. The van der Waals surface area contributed by atoms with Crippen LogP contribution in [0.5, 0.6) is 0 Å². The Balaban J connectivity index is 1.68. The van der Waals surface area contributed by atoms with Crippen LogP contribution in [0.25, 0.3) is 0 Å². The summed E-state index contributed by atoms with van der Waals surface area (Å²) in [5, 5.41) is 7.71. The van der Waals surface area contributed by atoms with Crippen molar-refractivity contribution >= 4 is 0 Å². The molecule has 0 amide bonds. The van der Waals surface area contributed by atoms with Crippen LogP contribution in [0.15, 0.2) is 4.52 Å². The number of nitrogens with zero attached hydrogens (tertiary/aromatic N) is 3. The van der Waals surface area contributed by atoms with E-state index in [2.05, 4.69) is 34.2 Å². The molecular formula is C15H26N4O2. The Bertz CT molecular complexity index is 451. The second kappa shape index (κ2) is 6.85. The van der Waals surface area contributed by atoms with Crippen LogP contribution < -0.4 is 5.32 Å². The van der Waals surface area contributed by atoms with Crippen LogP contribution in [0, 0.1) is 0 Å². The minimum absolute atomic E-state index is 0.0461. The quantitative estimate of drug-likeness (QED) is 0.892. The second-order valence-corrected chi connectivity index (χ2v) is 5.95. The predicted molar refractivity (Wildman–Crippen MR) is 79.2 cm³/mol. The molecule has 2 heterocycles. The standard InChI is InChI=1S/C15H26N4O2/c1-3-16-12-7-5-6-11(12)15-17-14(18-21-15)13-10-19(4-2)8-9-20-13/h11-13,16H,3-10H2,1-2H3. The van der Waals surface area contributed by atoms with Crippen molar-refractivity contribution in [3.05, 3.63) is 11.7 Å². The SMILES string of the molecule is CCNC1CCCC1c1nc(C2CN(CC)CCO2)no1. The predicted octanol–water partition coefficient (Wildman–Crippen LogP) is 1.71. The van der Waals surface area contributed by atoms with Crippen molar-refractivity contribution in [1.82, 2.24) is 20.4 Å². The fourth-order valence-corrected chi connectivity index (χ4v) is 3.44. The van der Waals surface area contributed by atoms with E-state index in [1.807, 2.05) is 0 Å². The molecule has 3 rings (SSSR count). The Kier molecular flexibility index (Phi) is 4.87. The number of morpholine rings is 1. The molecule has 1 aromatic rings. The summed E-state index contributed by atoms with van der Waals surface area (Å²) in [6.45, 7) is 8.92. The van der Waals surface area contributed by atoms with Crippen LogP contribution in [0.2, 0.25) is 0 Å². The van der Waals surface area contributed by atoms with E-state index in [0.717, 1.165) is 45.1 Å². The summed E-state index contributed by atoms with van der Waals surface area (Å²) in [5.74, 6) is 1.85. The molecule has 1 aliphatic heterocycles. The van der Waals surface area contributed by atoms with Gasteiger partial charge in [0.15, 0.2) is 0 Å². The molecule has 1 N–H and O–H groups in total. The van der Waals surface area contributed by atoms with Gasteiger partial charge in [-0.1, -0.05) is 25.4 Å². The van der Waals surface area contributed by atoms with Gasteiger partial charge in [0.1, 0.15) is 6.10 Å². The van der Waals surface area contributed by atoms with Crippen molar-refractivity contribution in [1.29, 1.82) is 0 Å². The monoisotopic (exact) mass is 294 g/mol. The molecular weight excluding hydrogens is 268 g/mol. The third kappa shape index (κ3) is 3.27. The van der Waals surface area contributed by atoms with Crippen molar-refractivity contribution in [3.63, 3.8) is 0 Å². The van der Waals surface area contributed by atoms with Crippen LogP contribution in [0.3, 0.4) is 0 Å². The zero-order chi connectivity index (χ0) is 14.7. The average molecular weight is 294 g/mol. The summed E-state index contributed by atoms with van der Waals surface area (Å²) in [5.41, 5.74) is 0. The third-order valence-corrected chi connectivity index (χ3v) is 4.64. The van der Waals surface area contributed by atoms with Gasteiger partial charge >= 0.3 is 0 Å². The van der Waals surface area contributed by atoms with Gasteiger partial charge in [-0.2, -0.15) is 4.98 Å². The maximum Gasteiger partial charge on any atom is 0.231 e. The first-order valence-electron chi connectivity index (χ1n) is 8.22. The number of ether oxygens (including phenoxy) is 1. The van der Waals surface area contributed by atoms with Crippen molar-refractivity contribution in [2.45, 2.75) is 51.2 Å². The highest BCUT2D eigenvalue weighted by atomic mass is 16.5.